The minimum Gasteiger partial charge on any atom is -0.379 e. The number of nitrogens with zero attached hydrogens (tertiary/aromatic N) is 1. The Morgan fingerprint density at radius 2 is 1.88 bits per heavy atom. The number of ether oxygens (including phenoxy) is 1. The lowest BCUT2D eigenvalue weighted by molar-refractivity contribution is 0.0252. The molecule has 1 aliphatic rings. The van der Waals surface area contributed by atoms with Crippen LogP contribution in [0.3, 0.4) is 0 Å². The number of anilines is 1. The summed E-state index contributed by atoms with van der Waals surface area (Å²) >= 11 is 5.24. The molecular weight excluding hydrogens is 234 g/mol. The van der Waals surface area contributed by atoms with Gasteiger partial charge >= 0.3 is 0 Å². The molecule has 0 aliphatic carbocycles. The summed E-state index contributed by atoms with van der Waals surface area (Å²) in [7, 11) is 0. The molecule has 1 aromatic rings. The van der Waals surface area contributed by atoms with Crippen molar-refractivity contribution in [3.05, 3.63) is 29.8 Å². The lowest BCUT2D eigenvalue weighted by atomic mass is 10.2. The SMILES string of the molecule is Cc1ccc(NC(=S)NN2CCOCC2)cc1. The zero-order chi connectivity index (χ0) is 12.1. The molecule has 0 saturated carbocycles. The number of nitrogens with one attached hydrogen (secondary N) is 2. The molecule has 1 aromatic carbocycles. The van der Waals surface area contributed by atoms with Gasteiger partial charge in [-0.05, 0) is 31.3 Å². The zero-order valence-corrected chi connectivity index (χ0v) is 10.7. The summed E-state index contributed by atoms with van der Waals surface area (Å²) in [5.41, 5.74) is 5.40. The van der Waals surface area contributed by atoms with E-state index in [4.69, 9.17) is 17.0 Å². The van der Waals surface area contributed by atoms with Crippen LogP contribution in [-0.4, -0.2) is 36.4 Å². The van der Waals surface area contributed by atoms with Crippen LogP contribution in [0.5, 0.6) is 0 Å². The summed E-state index contributed by atoms with van der Waals surface area (Å²) in [4.78, 5) is 0. The minimum absolute atomic E-state index is 0.621. The average molecular weight is 251 g/mol. The fourth-order valence-corrected chi connectivity index (χ4v) is 1.86. The molecule has 0 atom stereocenters. The number of benzene rings is 1. The van der Waals surface area contributed by atoms with Crippen molar-refractivity contribution >= 4 is 23.0 Å². The molecule has 2 N–H and O–H groups in total. The van der Waals surface area contributed by atoms with Gasteiger partial charge in [0, 0.05) is 18.8 Å². The number of rotatable bonds is 2. The second-order valence-electron chi connectivity index (χ2n) is 4.03. The van der Waals surface area contributed by atoms with Crippen molar-refractivity contribution in [1.29, 1.82) is 0 Å². The molecule has 2 rings (SSSR count). The molecule has 0 amide bonds. The van der Waals surface area contributed by atoms with E-state index in [1.54, 1.807) is 0 Å². The summed E-state index contributed by atoms with van der Waals surface area (Å²) in [5.74, 6) is 0. The Morgan fingerprint density at radius 1 is 1.24 bits per heavy atom. The topological polar surface area (TPSA) is 36.5 Å². The maximum Gasteiger partial charge on any atom is 0.185 e. The van der Waals surface area contributed by atoms with Crippen molar-refractivity contribution in [2.75, 3.05) is 31.6 Å². The fraction of sp³-hybridized carbons (Fsp3) is 0.417. The molecule has 0 bridgehead atoms. The van der Waals surface area contributed by atoms with Gasteiger partial charge in [0.15, 0.2) is 5.11 Å². The van der Waals surface area contributed by atoms with E-state index in [9.17, 15) is 0 Å². The van der Waals surface area contributed by atoms with E-state index >= 15 is 0 Å². The van der Waals surface area contributed by atoms with Gasteiger partial charge in [-0.25, -0.2) is 5.01 Å². The third-order valence-corrected chi connectivity index (χ3v) is 2.77. The number of hydrazine groups is 1. The lowest BCUT2D eigenvalue weighted by Crippen LogP contribution is -2.49. The van der Waals surface area contributed by atoms with Gasteiger partial charge in [0.05, 0.1) is 13.2 Å². The van der Waals surface area contributed by atoms with E-state index in [0.717, 1.165) is 32.0 Å². The highest BCUT2D eigenvalue weighted by molar-refractivity contribution is 7.80. The van der Waals surface area contributed by atoms with Gasteiger partial charge in [-0.3, -0.25) is 5.43 Å². The van der Waals surface area contributed by atoms with Gasteiger partial charge in [0.25, 0.3) is 0 Å². The van der Waals surface area contributed by atoms with Crippen LogP contribution >= 0.6 is 12.2 Å². The zero-order valence-electron chi connectivity index (χ0n) is 9.90. The van der Waals surface area contributed by atoms with Gasteiger partial charge in [0.1, 0.15) is 0 Å². The molecule has 4 nitrogen and oxygen atoms in total. The Morgan fingerprint density at radius 3 is 2.53 bits per heavy atom. The van der Waals surface area contributed by atoms with Crippen molar-refractivity contribution in [3.63, 3.8) is 0 Å². The van der Waals surface area contributed by atoms with Crippen molar-refractivity contribution < 1.29 is 4.74 Å². The second-order valence-corrected chi connectivity index (χ2v) is 4.44. The maximum absolute atomic E-state index is 5.27. The van der Waals surface area contributed by atoms with E-state index in [0.29, 0.717) is 5.11 Å². The molecule has 0 radical (unpaired) electrons. The molecular formula is C12H17N3OS. The van der Waals surface area contributed by atoms with Gasteiger partial charge in [-0.1, -0.05) is 17.7 Å². The Balaban J connectivity index is 1.82. The Labute approximate surface area is 107 Å². The summed E-state index contributed by atoms with van der Waals surface area (Å²) in [6.07, 6.45) is 0. The van der Waals surface area contributed by atoms with E-state index < -0.39 is 0 Å². The highest BCUT2D eigenvalue weighted by atomic mass is 32.1. The first kappa shape index (κ1) is 12.3. The minimum atomic E-state index is 0.621. The molecule has 1 aliphatic heterocycles. The summed E-state index contributed by atoms with van der Waals surface area (Å²) in [5, 5.41) is 5.84. The number of hydrogen-bond donors (Lipinski definition) is 2. The number of hydrogen-bond acceptors (Lipinski definition) is 3. The first-order valence-electron chi connectivity index (χ1n) is 5.71. The first-order valence-corrected chi connectivity index (χ1v) is 6.12. The fourth-order valence-electron chi connectivity index (χ4n) is 1.61. The maximum atomic E-state index is 5.27. The summed E-state index contributed by atoms with van der Waals surface area (Å²) < 4.78 is 5.27. The van der Waals surface area contributed by atoms with Crippen LogP contribution in [0.15, 0.2) is 24.3 Å². The Bertz CT molecular complexity index is 374. The molecule has 17 heavy (non-hydrogen) atoms. The Hall–Kier alpha value is -1.17. The van der Waals surface area contributed by atoms with Crippen molar-refractivity contribution in [1.82, 2.24) is 10.4 Å². The first-order chi connectivity index (χ1) is 8.24. The van der Waals surface area contributed by atoms with Crippen molar-refractivity contribution in [2.24, 2.45) is 0 Å². The van der Waals surface area contributed by atoms with Crippen LogP contribution in [0.4, 0.5) is 5.69 Å². The van der Waals surface area contributed by atoms with Crippen LogP contribution in [0.25, 0.3) is 0 Å². The normalized spacial score (nSPS) is 16.5. The predicted octanol–water partition coefficient (Wildman–Crippen LogP) is 1.53. The molecule has 1 fully saturated rings. The third-order valence-electron chi connectivity index (χ3n) is 2.58. The Kier molecular flexibility index (Phi) is 4.30. The largest absolute Gasteiger partial charge is 0.379 e. The smallest absolute Gasteiger partial charge is 0.185 e. The lowest BCUT2D eigenvalue weighted by Gasteiger charge is -2.28. The highest BCUT2D eigenvalue weighted by Gasteiger charge is 2.10. The molecule has 0 unspecified atom stereocenters. The molecule has 5 heteroatoms. The van der Waals surface area contributed by atoms with Gasteiger partial charge in [-0.2, -0.15) is 0 Å². The molecule has 1 heterocycles. The quantitative estimate of drug-likeness (QED) is 0.780. The van der Waals surface area contributed by atoms with Crippen molar-refractivity contribution in [2.45, 2.75) is 6.92 Å². The standard InChI is InChI=1S/C12H17N3OS/c1-10-2-4-11(5-3-10)13-12(17)14-15-6-8-16-9-7-15/h2-5H,6-9H2,1H3,(H2,13,14,17). The molecule has 0 spiro atoms. The van der Waals surface area contributed by atoms with E-state index in [1.165, 1.54) is 5.56 Å². The van der Waals surface area contributed by atoms with Crippen LogP contribution in [0.1, 0.15) is 5.56 Å². The van der Waals surface area contributed by atoms with E-state index in [-0.39, 0.29) is 0 Å². The average Bonchev–Trinajstić information content (AvgIpc) is 2.33. The predicted molar refractivity (Wildman–Crippen MR) is 72.9 cm³/mol. The second kappa shape index (κ2) is 5.95. The van der Waals surface area contributed by atoms with Crippen LogP contribution < -0.4 is 10.7 Å². The molecule has 92 valence electrons. The van der Waals surface area contributed by atoms with Crippen LogP contribution in [-0.2, 0) is 4.74 Å². The molecule has 1 saturated heterocycles. The van der Waals surface area contributed by atoms with Crippen LogP contribution in [0, 0.1) is 6.92 Å². The van der Waals surface area contributed by atoms with Gasteiger partial charge in [0.2, 0.25) is 0 Å². The number of morpholine rings is 1. The number of aryl methyl sites for hydroxylation is 1. The van der Waals surface area contributed by atoms with Gasteiger partial charge < -0.3 is 10.1 Å². The number of thiocarbonyl (C=S) groups is 1. The van der Waals surface area contributed by atoms with E-state index in [2.05, 4.69) is 34.8 Å². The van der Waals surface area contributed by atoms with Gasteiger partial charge in [-0.15, -0.1) is 0 Å². The van der Waals surface area contributed by atoms with E-state index in [1.807, 2.05) is 12.1 Å². The molecule has 0 aromatic heterocycles. The summed E-state index contributed by atoms with van der Waals surface area (Å²) in [6.45, 7) is 5.28. The van der Waals surface area contributed by atoms with Crippen molar-refractivity contribution in [3.8, 4) is 0 Å². The third kappa shape index (κ3) is 3.96. The summed E-state index contributed by atoms with van der Waals surface area (Å²) in [6, 6.07) is 8.14. The monoisotopic (exact) mass is 251 g/mol. The van der Waals surface area contributed by atoms with Crippen LogP contribution in [0.2, 0.25) is 0 Å². The highest BCUT2D eigenvalue weighted by Crippen LogP contribution is 2.08.